The molecule has 0 saturated heterocycles. The van der Waals surface area contributed by atoms with E-state index >= 15 is 0 Å². The van der Waals surface area contributed by atoms with Crippen LogP contribution in [0.15, 0.2) is 4.99 Å². The number of nitriles is 2. The van der Waals surface area contributed by atoms with Gasteiger partial charge in [0.25, 0.3) is 0 Å². The first-order chi connectivity index (χ1) is 4.18. The van der Waals surface area contributed by atoms with Gasteiger partial charge >= 0.3 is 37.7 Å². The molecule has 0 aromatic heterocycles. The first kappa shape index (κ1) is 16.1. The molecule has 0 radical (unpaired) electrons. The van der Waals surface area contributed by atoms with E-state index in [2.05, 4.69) is 10.7 Å². The van der Waals surface area contributed by atoms with Crippen LogP contribution in [0.5, 0.6) is 0 Å². The average molecular weight is 168 g/mol. The molecule has 0 atom stereocenters. The van der Waals surface area contributed by atoms with Crippen molar-refractivity contribution in [1.29, 1.82) is 10.5 Å². The van der Waals surface area contributed by atoms with Crippen molar-refractivity contribution in [2.24, 2.45) is 22.2 Å². The van der Waals surface area contributed by atoms with Crippen molar-refractivity contribution in [3.8, 4) is 12.4 Å². The molecule has 0 unspecified atom stereocenters. The number of guanidine groups is 1. The molecule has 0 heterocycles. The van der Waals surface area contributed by atoms with E-state index in [1.165, 1.54) is 12.4 Å². The minimum absolute atomic E-state index is 0. The van der Waals surface area contributed by atoms with Crippen molar-refractivity contribution < 1.29 is 2.85 Å². The Morgan fingerprint density at radius 3 is 1.70 bits per heavy atom. The Kier molecular flexibility index (Phi) is 25.4. The molecule has 0 rings (SSSR count). The predicted molar refractivity (Wildman–Crippen MR) is 39.2 cm³/mol. The van der Waals surface area contributed by atoms with Crippen LogP contribution >= 0.6 is 0 Å². The van der Waals surface area contributed by atoms with E-state index in [0.717, 1.165) is 0 Å². The van der Waals surface area contributed by atoms with Crippen LogP contribution in [0, 0.1) is 22.9 Å². The van der Waals surface area contributed by atoms with Gasteiger partial charge < -0.3 is 20.1 Å². The molecule has 0 aliphatic rings. The van der Waals surface area contributed by atoms with Crippen molar-refractivity contribution >= 4 is 43.7 Å². The van der Waals surface area contributed by atoms with Crippen molar-refractivity contribution in [2.45, 2.75) is 0 Å². The summed E-state index contributed by atoms with van der Waals surface area (Å²) in [6, 6.07) is 0. The molecule has 0 amide bonds. The van der Waals surface area contributed by atoms with Crippen molar-refractivity contribution in [3.63, 3.8) is 0 Å². The molecule has 0 aliphatic heterocycles. The molecule has 0 aromatic rings. The van der Waals surface area contributed by atoms with E-state index in [9.17, 15) is 0 Å². The molecule has 10 heavy (non-hydrogen) atoms. The Morgan fingerprint density at radius 2 is 1.70 bits per heavy atom. The van der Waals surface area contributed by atoms with Crippen LogP contribution in [-0.2, 0) is 0 Å². The maximum Gasteiger partial charge on any atom is 2.00 e. The summed E-state index contributed by atoms with van der Waals surface area (Å²) in [5.74, 6) is -0.197. The molecule has 7 heteroatoms. The normalized spacial score (nSPS) is 4.20. The second kappa shape index (κ2) is 15.7. The van der Waals surface area contributed by atoms with Gasteiger partial charge in [-0.1, -0.05) is 0 Å². The molecule has 0 bridgehead atoms. The number of nitrogens with zero attached hydrogens (tertiary/aromatic N) is 3. The Hall–Kier alpha value is -0.690. The van der Waals surface area contributed by atoms with E-state index in [4.69, 9.17) is 22.0 Å². The third-order valence-electron chi connectivity index (χ3n) is 0.179. The van der Waals surface area contributed by atoms with Crippen LogP contribution in [0.4, 0.5) is 0 Å². The second-order valence-electron chi connectivity index (χ2n) is 0.766. The van der Waals surface area contributed by atoms with Gasteiger partial charge in [-0.3, -0.25) is 0 Å². The molecule has 0 aromatic carbocycles. The third-order valence-corrected chi connectivity index (χ3v) is 0.179. The van der Waals surface area contributed by atoms with Crippen molar-refractivity contribution in [1.82, 2.24) is 0 Å². The second-order valence-corrected chi connectivity index (χ2v) is 0.766. The fourth-order valence-electron chi connectivity index (χ4n) is 0.0577. The number of nitrogens with two attached hydrogens (primary N) is 3. The maximum absolute atomic E-state index is 7.64. The number of hydrogen-bond donors (Lipinski definition) is 3. The van der Waals surface area contributed by atoms with E-state index in [-0.39, 0.29) is 46.6 Å². The molecule has 0 saturated carbocycles. The standard InChI is InChI=1S/C2H4N4.CH2N2.Ca.2H/c3-1-6-2(4)5;2-1-3;;;/h(H4,4,5,6);2H2;;;/q;;+2;2*-1. The molecule has 6 N–H and O–H groups in total. The topological polar surface area (TPSA) is 138 Å². The number of hydrogen-bond acceptors (Lipinski definition) is 4. The summed E-state index contributed by atoms with van der Waals surface area (Å²) < 4.78 is 0. The fourth-order valence-corrected chi connectivity index (χ4v) is 0.0577. The Labute approximate surface area is 91.3 Å². The smallest absolute Gasteiger partial charge is 1.00 e. The van der Waals surface area contributed by atoms with Gasteiger partial charge in [0.1, 0.15) is 0 Å². The van der Waals surface area contributed by atoms with Crippen LogP contribution < -0.4 is 17.2 Å². The minimum Gasteiger partial charge on any atom is -1.00 e. The van der Waals surface area contributed by atoms with Gasteiger partial charge in [0.2, 0.25) is 12.2 Å². The van der Waals surface area contributed by atoms with Crippen molar-refractivity contribution in [3.05, 3.63) is 0 Å². The van der Waals surface area contributed by atoms with Crippen LogP contribution in [0.3, 0.4) is 0 Å². The van der Waals surface area contributed by atoms with Gasteiger partial charge in [-0.25, -0.2) is 0 Å². The Morgan fingerprint density at radius 1 is 1.40 bits per heavy atom. The number of rotatable bonds is 0. The largest absolute Gasteiger partial charge is 2.00 e. The predicted octanol–water partition coefficient (Wildman–Crippen LogP) is -1.99. The van der Waals surface area contributed by atoms with E-state index in [1.54, 1.807) is 0 Å². The first-order valence-corrected chi connectivity index (χ1v) is 1.76. The first-order valence-electron chi connectivity index (χ1n) is 1.76. The maximum atomic E-state index is 7.64. The van der Waals surface area contributed by atoms with Crippen molar-refractivity contribution in [2.75, 3.05) is 0 Å². The summed E-state index contributed by atoms with van der Waals surface area (Å²) in [4.78, 5) is 2.90. The van der Waals surface area contributed by atoms with Gasteiger partial charge in [-0.15, -0.1) is 4.99 Å². The van der Waals surface area contributed by atoms with Crippen LogP contribution in [-0.4, -0.2) is 43.7 Å². The van der Waals surface area contributed by atoms with Gasteiger partial charge in [-0.2, -0.15) is 10.5 Å². The molecular weight excluding hydrogens is 160 g/mol. The average Bonchev–Trinajstić information content (AvgIpc) is 1.67. The van der Waals surface area contributed by atoms with Gasteiger partial charge in [0, 0.05) is 0 Å². The summed E-state index contributed by atoms with van der Waals surface area (Å²) in [7, 11) is 0. The summed E-state index contributed by atoms with van der Waals surface area (Å²) in [5, 5.41) is 14.7. The van der Waals surface area contributed by atoms with Gasteiger partial charge in [0.15, 0.2) is 6.19 Å². The zero-order valence-electron chi connectivity index (χ0n) is 7.28. The molecule has 0 spiro atoms. The summed E-state index contributed by atoms with van der Waals surface area (Å²) >= 11 is 0. The third kappa shape index (κ3) is 54.6. The molecule has 0 fully saturated rings. The van der Waals surface area contributed by atoms with Crippen LogP contribution in [0.1, 0.15) is 2.85 Å². The quantitative estimate of drug-likeness (QED) is 0.126. The molecular formula is C3H8CaN6. The SMILES string of the molecule is N#CN.N#CN=C(N)N.[Ca+2].[H-].[H-]. The van der Waals surface area contributed by atoms with Gasteiger partial charge in [0.05, 0.1) is 0 Å². The molecule has 6 nitrogen and oxygen atoms in total. The monoisotopic (exact) mass is 168 g/mol. The zero-order chi connectivity index (χ0) is 7.70. The van der Waals surface area contributed by atoms with E-state index < -0.39 is 0 Å². The zero-order valence-corrected chi connectivity index (χ0v) is 7.49. The van der Waals surface area contributed by atoms with Crippen LogP contribution in [0.25, 0.3) is 0 Å². The summed E-state index contributed by atoms with van der Waals surface area (Å²) in [6.45, 7) is 0. The Balaban J connectivity index is -0.0000000246. The van der Waals surface area contributed by atoms with E-state index in [1.807, 2.05) is 0 Å². The minimum atomic E-state index is -0.197. The van der Waals surface area contributed by atoms with Gasteiger partial charge in [-0.05, 0) is 0 Å². The number of aliphatic imine (C=N–C) groups is 1. The summed E-state index contributed by atoms with van der Waals surface area (Å²) in [5.41, 5.74) is 13.6. The summed E-state index contributed by atoms with van der Waals surface area (Å²) in [6.07, 6.45) is 2.66. The fraction of sp³-hybridized carbons (Fsp3) is 0. The van der Waals surface area contributed by atoms with Crippen LogP contribution in [0.2, 0.25) is 0 Å². The van der Waals surface area contributed by atoms with E-state index in [0.29, 0.717) is 0 Å². The Bertz CT molecular complexity index is 165. The molecule has 52 valence electrons. The molecule has 0 aliphatic carbocycles.